The second-order valence-corrected chi connectivity index (χ2v) is 6.04. The van der Waals surface area contributed by atoms with Crippen LogP contribution >= 0.6 is 0 Å². The van der Waals surface area contributed by atoms with E-state index in [1.165, 1.54) is 5.56 Å². The van der Waals surface area contributed by atoms with Gasteiger partial charge in [-0.2, -0.15) is 5.10 Å². The minimum atomic E-state index is -0.332. The van der Waals surface area contributed by atoms with Gasteiger partial charge in [0.1, 0.15) is 5.75 Å². The van der Waals surface area contributed by atoms with Gasteiger partial charge in [0.05, 0.1) is 18.0 Å². The molecular formula is C20H16N2O2. The Balaban J connectivity index is 1.61. The third-order valence-electron chi connectivity index (χ3n) is 4.59. The summed E-state index contributed by atoms with van der Waals surface area (Å²) in [6, 6.07) is 22.5. The summed E-state index contributed by atoms with van der Waals surface area (Å²) in [4.78, 5) is 0. The molecule has 0 saturated heterocycles. The Morgan fingerprint density at radius 2 is 1.75 bits per heavy atom. The van der Waals surface area contributed by atoms with Crippen molar-refractivity contribution in [2.75, 3.05) is 0 Å². The molecule has 0 radical (unpaired) electrons. The fourth-order valence-corrected chi connectivity index (χ4v) is 3.46. The van der Waals surface area contributed by atoms with Gasteiger partial charge in [0.2, 0.25) is 6.23 Å². The second kappa shape index (κ2) is 5.27. The average molecular weight is 316 g/mol. The first-order chi connectivity index (χ1) is 11.9. The van der Waals surface area contributed by atoms with E-state index >= 15 is 0 Å². The minimum absolute atomic E-state index is 0.167. The molecule has 0 N–H and O–H groups in total. The number of nitrogens with zero attached hydrogens (tertiary/aromatic N) is 2. The van der Waals surface area contributed by atoms with Crippen LogP contribution in [0, 0.1) is 0 Å². The number of furan rings is 1. The number of fused-ring (bicyclic) bond motifs is 3. The number of hydrazone groups is 1. The molecule has 0 unspecified atom stereocenters. The maximum Gasteiger partial charge on any atom is 0.246 e. The second-order valence-electron chi connectivity index (χ2n) is 6.04. The molecule has 2 aliphatic rings. The Bertz CT molecular complexity index is 887. The molecule has 4 heteroatoms. The molecule has 2 aromatic carbocycles. The van der Waals surface area contributed by atoms with Crippen LogP contribution in [0.3, 0.4) is 0 Å². The normalized spacial score (nSPS) is 21.7. The molecule has 0 fully saturated rings. The van der Waals surface area contributed by atoms with Gasteiger partial charge in [-0.15, -0.1) is 0 Å². The lowest BCUT2D eigenvalue weighted by Gasteiger charge is -2.36. The van der Waals surface area contributed by atoms with Crippen LogP contribution in [-0.2, 0) is 0 Å². The lowest BCUT2D eigenvalue weighted by atomic mass is 9.96. The summed E-state index contributed by atoms with van der Waals surface area (Å²) >= 11 is 0. The lowest BCUT2D eigenvalue weighted by molar-refractivity contribution is -0.0325. The molecular weight excluding hydrogens is 300 g/mol. The topological polar surface area (TPSA) is 38.0 Å². The van der Waals surface area contributed by atoms with Crippen LogP contribution in [0.15, 0.2) is 82.5 Å². The van der Waals surface area contributed by atoms with Crippen LogP contribution < -0.4 is 4.74 Å². The number of benzene rings is 2. The zero-order valence-corrected chi connectivity index (χ0v) is 13.0. The first kappa shape index (κ1) is 13.4. The monoisotopic (exact) mass is 316 g/mol. The number of hydrogen-bond donors (Lipinski definition) is 0. The predicted octanol–water partition coefficient (Wildman–Crippen LogP) is 4.52. The average Bonchev–Trinajstić information content (AvgIpc) is 3.32. The molecule has 2 aliphatic heterocycles. The molecule has 0 spiro atoms. The number of ether oxygens (including phenoxy) is 1. The van der Waals surface area contributed by atoms with E-state index in [9.17, 15) is 0 Å². The van der Waals surface area contributed by atoms with Gasteiger partial charge in [-0.1, -0.05) is 48.5 Å². The van der Waals surface area contributed by atoms with Crippen molar-refractivity contribution in [2.24, 2.45) is 5.10 Å². The lowest BCUT2D eigenvalue weighted by Crippen LogP contribution is -2.33. The largest absolute Gasteiger partial charge is 0.463 e. The van der Waals surface area contributed by atoms with E-state index < -0.39 is 0 Å². The zero-order chi connectivity index (χ0) is 15.9. The maximum atomic E-state index is 6.20. The molecule has 118 valence electrons. The smallest absolute Gasteiger partial charge is 0.246 e. The van der Waals surface area contributed by atoms with Crippen molar-refractivity contribution >= 4 is 5.71 Å². The van der Waals surface area contributed by atoms with Crippen LogP contribution in [0.5, 0.6) is 5.75 Å². The predicted molar refractivity (Wildman–Crippen MR) is 90.7 cm³/mol. The first-order valence-corrected chi connectivity index (χ1v) is 8.10. The van der Waals surface area contributed by atoms with E-state index in [4.69, 9.17) is 14.3 Å². The van der Waals surface area contributed by atoms with Crippen LogP contribution in [0.1, 0.15) is 35.6 Å². The number of rotatable bonds is 2. The van der Waals surface area contributed by atoms with E-state index in [0.717, 1.165) is 29.2 Å². The van der Waals surface area contributed by atoms with Gasteiger partial charge in [0.25, 0.3) is 0 Å². The van der Waals surface area contributed by atoms with Gasteiger partial charge >= 0.3 is 0 Å². The highest BCUT2D eigenvalue weighted by atomic mass is 16.5. The standard InChI is InChI=1S/C20H16N2O2/c1-2-7-14(8-3-1)16-13-17-15-9-4-5-10-18(15)24-20(22(17)21-16)19-11-6-12-23-19/h1-12,17,20H,13H2/t17-,20-/m1/s1. The summed E-state index contributed by atoms with van der Waals surface area (Å²) < 4.78 is 11.8. The summed E-state index contributed by atoms with van der Waals surface area (Å²) in [6.07, 6.45) is 2.20. The summed E-state index contributed by atoms with van der Waals surface area (Å²) in [5.41, 5.74) is 3.41. The molecule has 0 bridgehead atoms. The molecule has 24 heavy (non-hydrogen) atoms. The van der Waals surface area contributed by atoms with Crippen molar-refractivity contribution in [3.63, 3.8) is 0 Å². The summed E-state index contributed by atoms with van der Waals surface area (Å²) in [6.45, 7) is 0. The Labute approximate surface area is 140 Å². The van der Waals surface area contributed by atoms with Crippen molar-refractivity contribution in [1.82, 2.24) is 5.01 Å². The Morgan fingerprint density at radius 3 is 2.58 bits per heavy atom. The van der Waals surface area contributed by atoms with Crippen molar-refractivity contribution < 1.29 is 9.15 Å². The van der Waals surface area contributed by atoms with Crippen LogP contribution in [0.25, 0.3) is 0 Å². The maximum absolute atomic E-state index is 6.20. The molecule has 0 saturated carbocycles. The number of para-hydroxylation sites is 1. The fourth-order valence-electron chi connectivity index (χ4n) is 3.46. The Morgan fingerprint density at radius 1 is 0.917 bits per heavy atom. The van der Waals surface area contributed by atoms with Crippen molar-refractivity contribution in [3.8, 4) is 5.75 Å². The van der Waals surface area contributed by atoms with Gasteiger partial charge in [0, 0.05) is 12.0 Å². The van der Waals surface area contributed by atoms with E-state index in [-0.39, 0.29) is 12.3 Å². The first-order valence-electron chi connectivity index (χ1n) is 8.10. The SMILES string of the molecule is c1ccc(C2=NN3[C@H](C2)c2ccccc2O[C@@H]3c2ccco2)cc1. The molecule has 0 amide bonds. The minimum Gasteiger partial charge on any atom is -0.463 e. The van der Waals surface area contributed by atoms with E-state index in [1.807, 2.05) is 53.5 Å². The van der Waals surface area contributed by atoms with Crippen molar-refractivity contribution in [2.45, 2.75) is 18.7 Å². The summed E-state index contributed by atoms with van der Waals surface area (Å²) in [5.74, 6) is 1.68. The molecule has 3 aromatic rings. The summed E-state index contributed by atoms with van der Waals surface area (Å²) in [7, 11) is 0. The Hall–Kier alpha value is -3.01. The highest BCUT2D eigenvalue weighted by molar-refractivity contribution is 6.01. The summed E-state index contributed by atoms with van der Waals surface area (Å²) in [5, 5.41) is 6.91. The fraction of sp³-hybridized carbons (Fsp3) is 0.150. The van der Waals surface area contributed by atoms with Gasteiger partial charge in [0.15, 0.2) is 5.76 Å². The molecule has 0 aliphatic carbocycles. The third kappa shape index (κ3) is 2.03. The van der Waals surface area contributed by atoms with E-state index in [0.29, 0.717) is 0 Å². The number of hydrogen-bond acceptors (Lipinski definition) is 4. The van der Waals surface area contributed by atoms with Crippen LogP contribution in [-0.4, -0.2) is 10.7 Å². The molecule has 5 rings (SSSR count). The Kier molecular flexibility index (Phi) is 2.95. The molecule has 1 aromatic heterocycles. The van der Waals surface area contributed by atoms with Gasteiger partial charge in [-0.3, -0.25) is 0 Å². The zero-order valence-electron chi connectivity index (χ0n) is 13.0. The molecule has 4 nitrogen and oxygen atoms in total. The van der Waals surface area contributed by atoms with Gasteiger partial charge in [-0.05, 0) is 23.8 Å². The third-order valence-corrected chi connectivity index (χ3v) is 4.59. The highest BCUT2D eigenvalue weighted by Crippen LogP contribution is 2.47. The van der Waals surface area contributed by atoms with E-state index in [2.05, 4.69) is 18.2 Å². The van der Waals surface area contributed by atoms with Crippen LogP contribution in [0.2, 0.25) is 0 Å². The van der Waals surface area contributed by atoms with Crippen molar-refractivity contribution in [1.29, 1.82) is 0 Å². The molecule has 2 atom stereocenters. The van der Waals surface area contributed by atoms with Gasteiger partial charge < -0.3 is 9.15 Å². The van der Waals surface area contributed by atoms with Crippen LogP contribution in [0.4, 0.5) is 0 Å². The quantitative estimate of drug-likeness (QED) is 0.697. The molecule has 3 heterocycles. The van der Waals surface area contributed by atoms with E-state index in [1.54, 1.807) is 6.26 Å². The van der Waals surface area contributed by atoms with Crippen molar-refractivity contribution in [3.05, 3.63) is 89.9 Å². The highest BCUT2D eigenvalue weighted by Gasteiger charge is 2.41. The van der Waals surface area contributed by atoms with Gasteiger partial charge in [-0.25, -0.2) is 5.01 Å².